The number of anilines is 1. The molecule has 0 atom stereocenters. The average Bonchev–Trinajstić information content (AvgIpc) is 3.20. The van der Waals surface area contributed by atoms with Gasteiger partial charge in [0, 0.05) is 62.9 Å². The number of rotatable bonds is 4. The number of piperazine rings is 1. The van der Waals surface area contributed by atoms with Crippen molar-refractivity contribution < 1.29 is 13.2 Å². The lowest BCUT2D eigenvalue weighted by atomic mass is 10.2. The van der Waals surface area contributed by atoms with Gasteiger partial charge in [-0.05, 0) is 49.2 Å². The summed E-state index contributed by atoms with van der Waals surface area (Å²) in [5, 5.41) is 0.779. The second kappa shape index (κ2) is 8.83. The third kappa shape index (κ3) is 4.13. The molecule has 0 unspecified atom stereocenters. The normalized spacial score (nSPS) is 18.1. The van der Waals surface area contributed by atoms with Crippen LogP contribution in [0, 0.1) is 0 Å². The number of fused-ring (bicyclic) bond motifs is 1. The van der Waals surface area contributed by atoms with E-state index in [2.05, 4.69) is 17.0 Å². The number of carbonyl (C=O) groups excluding carboxylic acids is 1. The van der Waals surface area contributed by atoms with Crippen molar-refractivity contribution in [2.75, 3.05) is 44.2 Å². The zero-order valence-corrected chi connectivity index (χ0v) is 19.8. The summed E-state index contributed by atoms with van der Waals surface area (Å²) < 4.78 is 29.6. The molecule has 2 fully saturated rings. The van der Waals surface area contributed by atoms with E-state index < -0.39 is 10.0 Å². The molecule has 0 bridgehead atoms. The summed E-state index contributed by atoms with van der Waals surface area (Å²) in [6.07, 6.45) is 2.89. The van der Waals surface area contributed by atoms with Gasteiger partial charge >= 0.3 is 0 Å². The fraction of sp³-hybridized carbons (Fsp3) is 0.400. The van der Waals surface area contributed by atoms with Crippen LogP contribution >= 0.6 is 0 Å². The van der Waals surface area contributed by atoms with Gasteiger partial charge < -0.3 is 14.4 Å². The SMILES string of the molecule is Cn1c(C(=O)N2CCN(c3ccccc3)CC2)cc2cc(S(=O)(=O)N3CCCCC3)ccc21. The maximum absolute atomic E-state index is 13.3. The minimum absolute atomic E-state index is 0.0122. The second-order valence-electron chi connectivity index (χ2n) is 8.89. The first-order valence-corrected chi connectivity index (χ1v) is 13.1. The summed E-state index contributed by atoms with van der Waals surface area (Å²) in [5.74, 6) is -0.0122. The largest absolute Gasteiger partial charge is 0.368 e. The molecule has 3 heterocycles. The average molecular weight is 467 g/mol. The maximum Gasteiger partial charge on any atom is 0.270 e. The van der Waals surface area contributed by atoms with Gasteiger partial charge in [0.05, 0.1) is 4.90 Å². The van der Waals surface area contributed by atoms with Crippen molar-refractivity contribution in [2.45, 2.75) is 24.2 Å². The van der Waals surface area contributed by atoms with Crippen LogP contribution in [0.5, 0.6) is 0 Å². The number of nitrogens with zero attached hydrogens (tertiary/aromatic N) is 4. The van der Waals surface area contributed by atoms with Gasteiger partial charge in [-0.2, -0.15) is 4.31 Å². The number of para-hydroxylation sites is 1. The Labute approximate surface area is 195 Å². The van der Waals surface area contributed by atoms with Crippen molar-refractivity contribution in [2.24, 2.45) is 7.05 Å². The summed E-state index contributed by atoms with van der Waals surface area (Å²) >= 11 is 0. The molecule has 8 heteroatoms. The van der Waals surface area contributed by atoms with Crippen LogP contribution in [-0.4, -0.2) is 67.4 Å². The minimum Gasteiger partial charge on any atom is -0.368 e. The lowest BCUT2D eigenvalue weighted by Gasteiger charge is -2.36. The molecular formula is C25H30N4O3S. The number of hydrogen-bond donors (Lipinski definition) is 0. The molecule has 0 N–H and O–H groups in total. The Morgan fingerprint density at radius 2 is 1.52 bits per heavy atom. The van der Waals surface area contributed by atoms with Gasteiger partial charge in [0.2, 0.25) is 10.0 Å². The molecule has 0 radical (unpaired) electrons. The van der Waals surface area contributed by atoms with E-state index in [4.69, 9.17) is 0 Å². The van der Waals surface area contributed by atoms with Crippen LogP contribution in [0.15, 0.2) is 59.5 Å². The van der Waals surface area contributed by atoms with E-state index in [0.717, 1.165) is 43.3 Å². The van der Waals surface area contributed by atoms with Crippen molar-refractivity contribution in [3.63, 3.8) is 0 Å². The molecule has 2 aliphatic rings. The third-order valence-electron chi connectivity index (χ3n) is 6.87. The molecule has 7 nitrogen and oxygen atoms in total. The Bertz CT molecular complexity index is 1260. The molecule has 174 valence electrons. The van der Waals surface area contributed by atoms with Crippen LogP contribution in [0.4, 0.5) is 5.69 Å². The number of carbonyl (C=O) groups is 1. The van der Waals surface area contributed by atoms with Crippen molar-refractivity contribution in [1.82, 2.24) is 13.8 Å². The van der Waals surface area contributed by atoms with Crippen molar-refractivity contribution in [3.8, 4) is 0 Å². The highest BCUT2D eigenvalue weighted by atomic mass is 32.2. The summed E-state index contributed by atoms with van der Waals surface area (Å²) in [6.45, 7) is 4.05. The van der Waals surface area contributed by atoms with Crippen LogP contribution < -0.4 is 4.90 Å². The molecule has 3 aromatic rings. The molecule has 33 heavy (non-hydrogen) atoms. The molecule has 1 aromatic heterocycles. The van der Waals surface area contributed by atoms with E-state index in [1.807, 2.05) is 46.8 Å². The molecule has 1 amide bonds. The Kier molecular flexibility index (Phi) is 5.88. The fourth-order valence-electron chi connectivity index (χ4n) is 4.92. The van der Waals surface area contributed by atoms with Crippen molar-refractivity contribution in [3.05, 3.63) is 60.3 Å². The van der Waals surface area contributed by atoms with E-state index in [9.17, 15) is 13.2 Å². The van der Waals surface area contributed by atoms with Crippen molar-refractivity contribution in [1.29, 1.82) is 0 Å². The lowest BCUT2D eigenvalue weighted by Crippen LogP contribution is -2.49. The molecule has 2 aliphatic heterocycles. The highest BCUT2D eigenvalue weighted by Crippen LogP contribution is 2.27. The zero-order chi connectivity index (χ0) is 23.0. The number of piperidine rings is 1. The second-order valence-corrected chi connectivity index (χ2v) is 10.8. The predicted octanol–water partition coefficient (Wildman–Crippen LogP) is 3.32. The summed E-state index contributed by atoms with van der Waals surface area (Å²) in [7, 11) is -1.64. The van der Waals surface area contributed by atoms with Crippen LogP contribution in [-0.2, 0) is 17.1 Å². The van der Waals surface area contributed by atoms with Gasteiger partial charge in [-0.25, -0.2) is 8.42 Å². The van der Waals surface area contributed by atoms with E-state index in [-0.39, 0.29) is 5.91 Å². The van der Waals surface area contributed by atoms with Gasteiger partial charge in [0.25, 0.3) is 5.91 Å². The Hall–Kier alpha value is -2.84. The number of benzene rings is 2. The molecule has 5 rings (SSSR count). The third-order valence-corrected chi connectivity index (χ3v) is 8.77. The number of hydrogen-bond acceptors (Lipinski definition) is 4. The number of aromatic nitrogens is 1. The molecule has 0 spiro atoms. The van der Waals surface area contributed by atoms with Gasteiger partial charge in [-0.1, -0.05) is 24.6 Å². The van der Waals surface area contributed by atoms with E-state index in [1.165, 1.54) is 5.69 Å². The Morgan fingerprint density at radius 1 is 0.818 bits per heavy atom. The Morgan fingerprint density at radius 3 is 2.21 bits per heavy atom. The fourth-order valence-corrected chi connectivity index (χ4v) is 6.47. The van der Waals surface area contributed by atoms with E-state index in [0.29, 0.717) is 36.8 Å². The number of aryl methyl sites for hydroxylation is 1. The van der Waals surface area contributed by atoms with E-state index >= 15 is 0 Å². The molecule has 2 aromatic carbocycles. The highest BCUT2D eigenvalue weighted by Gasteiger charge is 2.28. The monoisotopic (exact) mass is 466 g/mol. The first-order chi connectivity index (χ1) is 15.9. The molecule has 0 saturated carbocycles. The number of sulfonamides is 1. The zero-order valence-electron chi connectivity index (χ0n) is 19.0. The molecule has 2 saturated heterocycles. The maximum atomic E-state index is 13.3. The van der Waals surface area contributed by atoms with Gasteiger partial charge in [0.15, 0.2) is 0 Å². The predicted molar refractivity (Wildman–Crippen MR) is 130 cm³/mol. The van der Waals surface area contributed by atoms with Crippen LogP contribution in [0.2, 0.25) is 0 Å². The quantitative estimate of drug-likeness (QED) is 0.592. The highest BCUT2D eigenvalue weighted by molar-refractivity contribution is 7.89. The number of amides is 1. The first-order valence-electron chi connectivity index (χ1n) is 11.6. The standard InChI is InChI=1S/C25H30N4O3S/c1-26-23-11-10-22(33(31,32)29-12-6-3-7-13-29)18-20(23)19-24(26)25(30)28-16-14-27(15-17-28)21-8-4-2-5-9-21/h2,4-5,8-11,18-19H,3,6-7,12-17H2,1H3. The summed E-state index contributed by atoms with van der Waals surface area (Å²) in [5.41, 5.74) is 2.63. The van der Waals surface area contributed by atoms with Crippen LogP contribution in [0.25, 0.3) is 10.9 Å². The Balaban J connectivity index is 1.35. The van der Waals surface area contributed by atoms with Crippen LogP contribution in [0.1, 0.15) is 29.8 Å². The van der Waals surface area contributed by atoms with Gasteiger partial charge in [-0.15, -0.1) is 0 Å². The van der Waals surface area contributed by atoms with Crippen LogP contribution in [0.3, 0.4) is 0 Å². The van der Waals surface area contributed by atoms with Gasteiger partial charge in [-0.3, -0.25) is 4.79 Å². The smallest absolute Gasteiger partial charge is 0.270 e. The first kappa shape index (κ1) is 22.0. The topological polar surface area (TPSA) is 65.9 Å². The molecule has 0 aliphatic carbocycles. The van der Waals surface area contributed by atoms with E-state index in [1.54, 1.807) is 16.4 Å². The summed E-state index contributed by atoms with van der Waals surface area (Å²) in [6, 6.07) is 17.3. The lowest BCUT2D eigenvalue weighted by molar-refractivity contribution is 0.0737. The summed E-state index contributed by atoms with van der Waals surface area (Å²) in [4.78, 5) is 17.8. The minimum atomic E-state index is -3.51. The molecular weight excluding hydrogens is 436 g/mol. The van der Waals surface area contributed by atoms with Crippen molar-refractivity contribution >= 4 is 32.5 Å². The van der Waals surface area contributed by atoms with Gasteiger partial charge in [0.1, 0.15) is 5.69 Å².